The third kappa shape index (κ3) is 5.68. The van der Waals surface area contributed by atoms with E-state index in [-0.39, 0.29) is 18.6 Å². The van der Waals surface area contributed by atoms with E-state index in [4.69, 9.17) is 4.98 Å². The molecule has 4 aromatic rings. The fourth-order valence-corrected chi connectivity index (χ4v) is 5.66. The Kier molecular flexibility index (Phi) is 7.44. The van der Waals surface area contributed by atoms with Crippen LogP contribution < -0.4 is 15.8 Å². The first-order valence-corrected chi connectivity index (χ1v) is 13.4. The molecule has 0 atom stereocenters. The minimum atomic E-state index is -4.38. The molecule has 0 aliphatic carbocycles. The summed E-state index contributed by atoms with van der Waals surface area (Å²) in [6.45, 7) is 6.21. The zero-order valence-corrected chi connectivity index (χ0v) is 21.9. The molecule has 1 saturated heterocycles. The third-order valence-corrected chi connectivity index (χ3v) is 7.98. The largest absolute Gasteiger partial charge is 0.416 e. The molecule has 39 heavy (non-hydrogen) atoms. The first kappa shape index (κ1) is 26.5. The lowest BCUT2D eigenvalue weighted by Crippen LogP contribution is -2.36. The van der Waals surface area contributed by atoms with Gasteiger partial charge in [0.05, 0.1) is 34.1 Å². The molecule has 2 aromatic heterocycles. The summed E-state index contributed by atoms with van der Waals surface area (Å²) >= 11 is 1.27. The van der Waals surface area contributed by atoms with Gasteiger partial charge in [-0.3, -0.25) is 9.36 Å². The van der Waals surface area contributed by atoms with E-state index in [9.17, 15) is 23.2 Å². The van der Waals surface area contributed by atoms with Crippen LogP contribution in [0, 0.1) is 11.3 Å². The Morgan fingerprint density at radius 3 is 2.51 bits per heavy atom. The molecule has 2 aromatic carbocycles. The highest BCUT2D eigenvalue weighted by atomic mass is 32.1. The fraction of sp³-hybridized carbons (Fsp3) is 0.276. The number of halogens is 3. The van der Waals surface area contributed by atoms with Gasteiger partial charge in [-0.05, 0) is 54.7 Å². The molecular formula is C29H26F3N5OS. The van der Waals surface area contributed by atoms with Crippen LogP contribution in [-0.4, -0.2) is 22.6 Å². The Morgan fingerprint density at radius 2 is 1.82 bits per heavy atom. The SMILES string of the molecule is C=C(NCc1ccc(C(F)(F)F)cc1)c1cc2nc(N3CCCCC3)n(Cc3ccccc3C#N)c(=O)c2s1. The van der Waals surface area contributed by atoms with Crippen LogP contribution >= 0.6 is 11.3 Å². The van der Waals surface area contributed by atoms with Crippen molar-refractivity contribution >= 4 is 33.2 Å². The molecule has 3 heterocycles. The summed E-state index contributed by atoms with van der Waals surface area (Å²) in [6.07, 6.45) is -1.21. The van der Waals surface area contributed by atoms with Crippen LogP contribution in [0.2, 0.25) is 0 Å². The number of benzene rings is 2. The molecule has 0 amide bonds. The molecule has 1 aliphatic rings. The first-order valence-electron chi connectivity index (χ1n) is 12.6. The molecule has 5 rings (SSSR count). The first-order chi connectivity index (χ1) is 18.7. The Hall–Kier alpha value is -4.10. The predicted octanol–water partition coefficient (Wildman–Crippen LogP) is 6.15. The summed E-state index contributed by atoms with van der Waals surface area (Å²) < 4.78 is 40.7. The highest BCUT2D eigenvalue weighted by Crippen LogP contribution is 2.30. The van der Waals surface area contributed by atoms with Crippen LogP contribution in [0.1, 0.15) is 46.4 Å². The van der Waals surface area contributed by atoms with E-state index < -0.39 is 11.7 Å². The molecule has 0 radical (unpaired) electrons. The molecular weight excluding hydrogens is 523 g/mol. The zero-order valence-electron chi connectivity index (χ0n) is 21.1. The van der Waals surface area contributed by atoms with Gasteiger partial charge in [-0.1, -0.05) is 36.9 Å². The smallest absolute Gasteiger partial charge is 0.380 e. The van der Waals surface area contributed by atoms with Gasteiger partial charge in [0.2, 0.25) is 5.95 Å². The van der Waals surface area contributed by atoms with Gasteiger partial charge in [-0.25, -0.2) is 4.98 Å². The highest BCUT2D eigenvalue weighted by molar-refractivity contribution is 7.19. The van der Waals surface area contributed by atoms with E-state index in [0.29, 0.717) is 33.0 Å². The van der Waals surface area contributed by atoms with Crippen molar-refractivity contribution < 1.29 is 13.2 Å². The Balaban J connectivity index is 1.45. The van der Waals surface area contributed by atoms with Gasteiger partial charge in [-0.15, -0.1) is 11.3 Å². The highest BCUT2D eigenvalue weighted by Gasteiger charge is 2.30. The van der Waals surface area contributed by atoms with Crippen molar-refractivity contribution in [2.24, 2.45) is 0 Å². The number of hydrogen-bond acceptors (Lipinski definition) is 6. The fourth-order valence-electron chi connectivity index (χ4n) is 4.67. The van der Waals surface area contributed by atoms with Crippen molar-refractivity contribution in [2.45, 2.75) is 38.5 Å². The number of thiophene rings is 1. The molecule has 10 heteroatoms. The maximum Gasteiger partial charge on any atom is 0.416 e. The van der Waals surface area contributed by atoms with Crippen LogP contribution in [0.5, 0.6) is 0 Å². The Morgan fingerprint density at radius 1 is 1.10 bits per heavy atom. The number of hydrogen-bond donors (Lipinski definition) is 1. The average Bonchev–Trinajstić information content (AvgIpc) is 3.38. The van der Waals surface area contributed by atoms with E-state index in [2.05, 4.69) is 22.9 Å². The maximum absolute atomic E-state index is 13.8. The van der Waals surface area contributed by atoms with E-state index in [1.165, 1.54) is 23.5 Å². The van der Waals surface area contributed by atoms with E-state index in [1.807, 2.05) is 18.2 Å². The number of nitriles is 1. The second-order valence-electron chi connectivity index (χ2n) is 9.47. The monoisotopic (exact) mass is 549 g/mol. The number of anilines is 1. The number of fused-ring (bicyclic) bond motifs is 1. The standard InChI is InChI=1S/C29H26F3N5OS/c1-19(34-17-20-9-11-23(12-10-20)29(30,31)32)25-15-24-26(39-25)27(38)37(18-22-8-4-3-7-21(22)16-33)28(35-24)36-13-5-2-6-14-36/h3-4,7-12,15,34H,1-2,5-6,13-14,17-18H2. The summed E-state index contributed by atoms with van der Waals surface area (Å²) in [5.74, 6) is 0.590. The lowest BCUT2D eigenvalue weighted by molar-refractivity contribution is -0.137. The summed E-state index contributed by atoms with van der Waals surface area (Å²) in [5, 5.41) is 12.7. The van der Waals surface area contributed by atoms with Crippen molar-refractivity contribution in [2.75, 3.05) is 18.0 Å². The van der Waals surface area contributed by atoms with Crippen LogP contribution in [0.3, 0.4) is 0 Å². The number of rotatable bonds is 7. The molecule has 1 fully saturated rings. The van der Waals surface area contributed by atoms with Gasteiger partial charge in [0, 0.05) is 25.3 Å². The molecule has 0 spiro atoms. The third-order valence-electron chi connectivity index (χ3n) is 6.80. The van der Waals surface area contributed by atoms with E-state index in [1.54, 1.807) is 16.7 Å². The molecule has 0 unspecified atom stereocenters. The van der Waals surface area contributed by atoms with Gasteiger partial charge in [0.25, 0.3) is 5.56 Å². The lowest BCUT2D eigenvalue weighted by atomic mass is 10.1. The lowest BCUT2D eigenvalue weighted by Gasteiger charge is -2.29. The average molecular weight is 550 g/mol. The normalized spacial score (nSPS) is 13.8. The number of nitrogens with zero attached hydrogens (tertiary/aromatic N) is 4. The number of alkyl halides is 3. The minimum absolute atomic E-state index is 0.180. The Bertz CT molecular complexity index is 1610. The number of aromatic nitrogens is 2. The van der Waals surface area contributed by atoms with Crippen molar-refractivity contribution in [3.8, 4) is 6.07 Å². The second-order valence-corrected chi connectivity index (χ2v) is 10.5. The summed E-state index contributed by atoms with van der Waals surface area (Å²) in [5.41, 5.74) is 2.19. The van der Waals surface area contributed by atoms with Crippen molar-refractivity contribution in [3.05, 3.63) is 98.7 Å². The van der Waals surface area contributed by atoms with Gasteiger partial charge in [-0.2, -0.15) is 18.4 Å². The van der Waals surface area contributed by atoms with Crippen LogP contribution in [0.4, 0.5) is 19.1 Å². The van der Waals surface area contributed by atoms with Crippen molar-refractivity contribution in [3.63, 3.8) is 0 Å². The molecule has 0 saturated carbocycles. The second kappa shape index (κ2) is 10.9. The molecule has 200 valence electrons. The van der Waals surface area contributed by atoms with E-state index >= 15 is 0 Å². The predicted molar refractivity (Wildman–Crippen MR) is 148 cm³/mol. The minimum Gasteiger partial charge on any atom is -0.380 e. The van der Waals surface area contributed by atoms with Gasteiger partial charge in [0.15, 0.2) is 0 Å². The maximum atomic E-state index is 13.8. The van der Waals surface area contributed by atoms with Crippen molar-refractivity contribution in [1.29, 1.82) is 5.26 Å². The molecule has 6 nitrogen and oxygen atoms in total. The number of nitrogens with one attached hydrogen (secondary N) is 1. The van der Waals surface area contributed by atoms with Crippen LogP contribution in [-0.2, 0) is 19.3 Å². The van der Waals surface area contributed by atoms with Crippen molar-refractivity contribution in [1.82, 2.24) is 14.9 Å². The quantitative estimate of drug-likeness (QED) is 0.300. The molecule has 0 bridgehead atoms. The van der Waals surface area contributed by atoms with Crippen LogP contribution in [0.15, 0.2) is 66.0 Å². The number of piperidine rings is 1. The topological polar surface area (TPSA) is 74.0 Å². The zero-order chi connectivity index (χ0) is 27.6. The summed E-state index contributed by atoms with van der Waals surface area (Å²) in [7, 11) is 0. The molecule has 1 aliphatic heterocycles. The van der Waals surface area contributed by atoms with Gasteiger partial charge < -0.3 is 10.2 Å². The van der Waals surface area contributed by atoms with Gasteiger partial charge >= 0.3 is 6.18 Å². The Labute approximate surface area is 227 Å². The summed E-state index contributed by atoms with van der Waals surface area (Å²) in [4.78, 5) is 21.6. The summed E-state index contributed by atoms with van der Waals surface area (Å²) in [6, 6.07) is 16.2. The molecule has 1 N–H and O–H groups in total. The van der Waals surface area contributed by atoms with Crippen LogP contribution in [0.25, 0.3) is 15.9 Å². The van der Waals surface area contributed by atoms with E-state index in [0.717, 1.165) is 54.9 Å². The van der Waals surface area contributed by atoms with Gasteiger partial charge in [0.1, 0.15) is 4.70 Å².